The number of carbonyl (C=O) groups is 1. The van der Waals surface area contributed by atoms with Crippen LogP contribution in [-0.4, -0.2) is 25.9 Å². The van der Waals surface area contributed by atoms with E-state index >= 15 is 0 Å². The normalized spacial score (nSPS) is 15.4. The molecule has 6 heteroatoms. The van der Waals surface area contributed by atoms with Crippen LogP contribution in [0.5, 0.6) is 0 Å². The van der Waals surface area contributed by atoms with Gasteiger partial charge in [0.05, 0.1) is 11.4 Å². The first-order chi connectivity index (χ1) is 13.1. The molecule has 27 heavy (non-hydrogen) atoms. The number of amides is 1. The number of aromatic nitrogens is 4. The summed E-state index contributed by atoms with van der Waals surface area (Å²) in [5, 5.41) is 0. The van der Waals surface area contributed by atoms with E-state index in [1.54, 1.807) is 0 Å². The molecular formula is C21H25N5O. The largest absolute Gasteiger partial charge is 0.372 e. The third-order valence-electron chi connectivity index (χ3n) is 4.85. The van der Waals surface area contributed by atoms with Gasteiger partial charge >= 0.3 is 0 Å². The van der Waals surface area contributed by atoms with E-state index in [1.165, 1.54) is 35.5 Å². The molecule has 0 saturated heterocycles. The van der Waals surface area contributed by atoms with Gasteiger partial charge < -0.3 is 10.3 Å². The predicted octanol–water partition coefficient (Wildman–Crippen LogP) is 3.62. The molecular weight excluding hydrogens is 338 g/mol. The highest BCUT2D eigenvalue weighted by Crippen LogP contribution is 2.39. The highest BCUT2D eigenvalue weighted by molar-refractivity contribution is 5.79. The van der Waals surface area contributed by atoms with Crippen molar-refractivity contribution in [1.82, 2.24) is 19.5 Å². The van der Waals surface area contributed by atoms with Gasteiger partial charge in [0.25, 0.3) is 0 Å². The Bertz CT molecular complexity index is 947. The van der Waals surface area contributed by atoms with Gasteiger partial charge in [0.15, 0.2) is 0 Å². The van der Waals surface area contributed by atoms with E-state index in [0.29, 0.717) is 6.04 Å². The molecule has 3 aromatic heterocycles. The van der Waals surface area contributed by atoms with Gasteiger partial charge in [0.1, 0.15) is 11.5 Å². The highest BCUT2D eigenvalue weighted by Gasteiger charge is 2.27. The summed E-state index contributed by atoms with van der Waals surface area (Å²) in [5.41, 5.74) is 10.7. The maximum absolute atomic E-state index is 8.58. The molecule has 3 aromatic rings. The van der Waals surface area contributed by atoms with Gasteiger partial charge in [-0.1, -0.05) is 6.07 Å². The molecule has 0 saturated carbocycles. The van der Waals surface area contributed by atoms with Crippen LogP contribution in [0.4, 0.5) is 0 Å². The van der Waals surface area contributed by atoms with E-state index < -0.39 is 0 Å². The zero-order valence-corrected chi connectivity index (χ0v) is 16.0. The van der Waals surface area contributed by atoms with Gasteiger partial charge in [-0.3, -0.25) is 14.8 Å². The van der Waals surface area contributed by atoms with Crippen molar-refractivity contribution in [1.29, 1.82) is 0 Å². The van der Waals surface area contributed by atoms with Gasteiger partial charge in [-0.25, -0.2) is 4.98 Å². The van der Waals surface area contributed by atoms with Gasteiger partial charge in [-0.15, -0.1) is 0 Å². The SMILES string of the molecule is Cc1cccc(-c2nc3n(c2-c2ccncc2C)[C@H](C)CCC3)n1.NC=O. The summed E-state index contributed by atoms with van der Waals surface area (Å²) >= 11 is 0. The first-order valence-electron chi connectivity index (χ1n) is 9.18. The van der Waals surface area contributed by atoms with Crippen molar-refractivity contribution in [2.45, 2.75) is 46.1 Å². The van der Waals surface area contributed by atoms with Crippen LogP contribution in [0.1, 0.15) is 42.9 Å². The second-order valence-electron chi connectivity index (χ2n) is 6.83. The smallest absolute Gasteiger partial charge is 0.204 e. The van der Waals surface area contributed by atoms with Crippen molar-refractivity contribution >= 4 is 6.41 Å². The zero-order chi connectivity index (χ0) is 19.4. The van der Waals surface area contributed by atoms with E-state index in [9.17, 15) is 0 Å². The summed E-state index contributed by atoms with van der Waals surface area (Å²) in [4.78, 5) is 22.6. The molecule has 0 bridgehead atoms. The van der Waals surface area contributed by atoms with Gasteiger partial charge in [-0.05, 0) is 57.4 Å². The summed E-state index contributed by atoms with van der Waals surface area (Å²) in [7, 11) is 0. The van der Waals surface area contributed by atoms with Crippen LogP contribution in [0.3, 0.4) is 0 Å². The molecule has 0 aromatic carbocycles. The molecule has 1 aliphatic heterocycles. The van der Waals surface area contributed by atoms with Crippen molar-refractivity contribution in [3.05, 3.63) is 53.7 Å². The average Bonchev–Trinajstić information content (AvgIpc) is 3.04. The van der Waals surface area contributed by atoms with E-state index in [0.717, 1.165) is 23.5 Å². The number of nitrogens with zero attached hydrogens (tertiary/aromatic N) is 4. The Morgan fingerprint density at radius 3 is 2.70 bits per heavy atom. The van der Waals surface area contributed by atoms with E-state index in [4.69, 9.17) is 14.8 Å². The Hall–Kier alpha value is -3.02. The van der Waals surface area contributed by atoms with Crippen LogP contribution < -0.4 is 5.73 Å². The molecule has 1 amide bonds. The second kappa shape index (κ2) is 8.12. The number of rotatable bonds is 2. The summed E-state index contributed by atoms with van der Waals surface area (Å²) in [5.74, 6) is 1.18. The number of nitrogens with two attached hydrogens (primary N) is 1. The molecule has 0 fully saturated rings. The van der Waals surface area contributed by atoms with Crippen molar-refractivity contribution in [2.24, 2.45) is 5.73 Å². The monoisotopic (exact) mass is 363 g/mol. The Labute approximate surface area is 159 Å². The van der Waals surface area contributed by atoms with Crippen LogP contribution in [-0.2, 0) is 11.2 Å². The Balaban J connectivity index is 0.000000659. The molecule has 0 aliphatic carbocycles. The van der Waals surface area contributed by atoms with Gasteiger partial charge in [-0.2, -0.15) is 0 Å². The predicted molar refractivity (Wildman–Crippen MR) is 106 cm³/mol. The Kier molecular flexibility index (Phi) is 5.64. The lowest BCUT2D eigenvalue weighted by atomic mass is 10.0. The maximum atomic E-state index is 8.58. The fourth-order valence-corrected chi connectivity index (χ4v) is 3.66. The number of aryl methyl sites for hydroxylation is 3. The maximum Gasteiger partial charge on any atom is 0.204 e. The van der Waals surface area contributed by atoms with Crippen LogP contribution >= 0.6 is 0 Å². The highest BCUT2D eigenvalue weighted by atomic mass is 16.1. The number of carbonyl (C=O) groups excluding carboxylic acids is 1. The Morgan fingerprint density at radius 1 is 1.22 bits per heavy atom. The van der Waals surface area contributed by atoms with Crippen molar-refractivity contribution in [3.8, 4) is 22.6 Å². The fraction of sp³-hybridized carbons (Fsp3) is 0.333. The molecule has 4 rings (SSSR count). The average molecular weight is 363 g/mol. The third kappa shape index (κ3) is 3.74. The number of imidazole rings is 1. The molecule has 4 heterocycles. The molecule has 1 aliphatic rings. The topological polar surface area (TPSA) is 86.7 Å². The van der Waals surface area contributed by atoms with Crippen LogP contribution in [0.25, 0.3) is 22.6 Å². The summed E-state index contributed by atoms with van der Waals surface area (Å²) < 4.78 is 2.42. The minimum atomic E-state index is 0.250. The quantitative estimate of drug-likeness (QED) is 0.705. The molecule has 1 atom stereocenters. The number of hydrogen-bond acceptors (Lipinski definition) is 4. The molecule has 0 unspecified atom stereocenters. The minimum absolute atomic E-state index is 0.250. The molecule has 2 N–H and O–H groups in total. The number of primary amides is 1. The molecule has 0 spiro atoms. The van der Waals surface area contributed by atoms with Gasteiger partial charge in [0, 0.05) is 36.1 Å². The van der Waals surface area contributed by atoms with Crippen molar-refractivity contribution in [3.63, 3.8) is 0 Å². The fourth-order valence-electron chi connectivity index (χ4n) is 3.66. The van der Waals surface area contributed by atoms with Crippen molar-refractivity contribution in [2.75, 3.05) is 0 Å². The second-order valence-corrected chi connectivity index (χ2v) is 6.83. The lowest BCUT2D eigenvalue weighted by molar-refractivity contribution is -0.106. The van der Waals surface area contributed by atoms with E-state index in [2.05, 4.69) is 47.3 Å². The minimum Gasteiger partial charge on any atom is -0.372 e. The van der Waals surface area contributed by atoms with Crippen LogP contribution in [0.15, 0.2) is 36.7 Å². The third-order valence-corrected chi connectivity index (χ3v) is 4.85. The summed E-state index contributed by atoms with van der Waals surface area (Å²) in [6, 6.07) is 8.70. The van der Waals surface area contributed by atoms with Gasteiger partial charge in [0.2, 0.25) is 6.41 Å². The van der Waals surface area contributed by atoms with E-state index in [1.807, 2.05) is 25.4 Å². The number of fused-ring (bicyclic) bond motifs is 1. The number of pyridine rings is 2. The molecule has 0 radical (unpaired) electrons. The Morgan fingerprint density at radius 2 is 2.00 bits per heavy atom. The molecule has 140 valence electrons. The first kappa shape index (κ1) is 18.8. The lowest BCUT2D eigenvalue weighted by Gasteiger charge is -2.24. The first-order valence-corrected chi connectivity index (χ1v) is 9.18. The molecule has 6 nitrogen and oxygen atoms in total. The van der Waals surface area contributed by atoms with E-state index in [-0.39, 0.29) is 6.41 Å². The summed E-state index contributed by atoms with van der Waals surface area (Å²) in [6.07, 6.45) is 7.47. The lowest BCUT2D eigenvalue weighted by Crippen LogP contribution is -2.16. The number of hydrogen-bond donors (Lipinski definition) is 1. The summed E-state index contributed by atoms with van der Waals surface area (Å²) in [6.45, 7) is 6.43. The zero-order valence-electron chi connectivity index (χ0n) is 16.0. The van der Waals surface area contributed by atoms with Crippen LogP contribution in [0, 0.1) is 13.8 Å². The van der Waals surface area contributed by atoms with Crippen LogP contribution in [0.2, 0.25) is 0 Å². The van der Waals surface area contributed by atoms with Crippen molar-refractivity contribution < 1.29 is 4.79 Å². The standard InChI is InChI=1S/C20H22N4.CH3NO/c1-13-12-21-11-10-16(13)20-19(17-8-4-6-14(2)22-17)23-18-9-5-7-15(3)24(18)20;2-1-3/h4,6,8,10-12,15H,5,7,9H2,1-3H3;1H,(H2,2,3)/t15-;/m1./s1.